The van der Waals surface area contributed by atoms with E-state index in [0.29, 0.717) is 11.2 Å². The molecule has 3 heterocycles. The molecule has 0 N–H and O–H groups in total. The highest BCUT2D eigenvalue weighted by Crippen LogP contribution is 2.23. The number of sulfone groups is 1. The average Bonchev–Trinajstić information content (AvgIpc) is 2.96. The number of Topliss-reactive ketones (excluding diaryl/α,β-unsaturated/α-hetero) is 1. The third kappa shape index (κ3) is 2.66. The molecule has 0 unspecified atom stereocenters. The summed E-state index contributed by atoms with van der Waals surface area (Å²) in [6.45, 7) is 0. The molecule has 8 heteroatoms. The zero-order valence-electron chi connectivity index (χ0n) is 12.6. The van der Waals surface area contributed by atoms with Crippen molar-refractivity contribution >= 4 is 21.1 Å². The quantitative estimate of drug-likeness (QED) is 0.668. The number of carbonyl (C=O) groups excluding carboxylic acids is 1. The standard InChI is InChI=1S/C16H12N4O3S/c1-24(22,23)16-19-14(13-7-3-5-9-20(13)16)15(21)11(10-17)12-6-2-4-8-18-12/h2-9,11H,1H3/t11-/m1/s1. The van der Waals surface area contributed by atoms with Crippen LogP contribution < -0.4 is 0 Å². The first-order chi connectivity index (χ1) is 11.4. The van der Waals surface area contributed by atoms with Gasteiger partial charge < -0.3 is 0 Å². The van der Waals surface area contributed by atoms with Gasteiger partial charge in [0.2, 0.25) is 20.8 Å². The molecule has 0 aliphatic carbocycles. The second-order valence-electron chi connectivity index (χ2n) is 5.15. The molecule has 0 saturated heterocycles. The maximum absolute atomic E-state index is 12.8. The number of carbonyl (C=O) groups is 1. The molecule has 3 rings (SSSR count). The fraction of sp³-hybridized carbons (Fsp3) is 0.125. The summed E-state index contributed by atoms with van der Waals surface area (Å²) < 4.78 is 25.2. The molecule has 0 radical (unpaired) electrons. The molecule has 0 fully saturated rings. The van der Waals surface area contributed by atoms with Crippen LogP contribution in [0.15, 0.2) is 53.9 Å². The van der Waals surface area contributed by atoms with Crippen molar-refractivity contribution in [3.63, 3.8) is 0 Å². The van der Waals surface area contributed by atoms with E-state index in [-0.39, 0.29) is 10.9 Å². The molecule has 1 atom stereocenters. The van der Waals surface area contributed by atoms with Crippen molar-refractivity contribution in [1.29, 1.82) is 5.26 Å². The van der Waals surface area contributed by atoms with Crippen molar-refractivity contribution in [2.75, 3.05) is 6.26 Å². The van der Waals surface area contributed by atoms with Crippen LogP contribution in [0.5, 0.6) is 0 Å². The fourth-order valence-electron chi connectivity index (χ4n) is 2.40. The van der Waals surface area contributed by atoms with E-state index in [1.807, 2.05) is 6.07 Å². The molecule has 3 aromatic rings. The lowest BCUT2D eigenvalue weighted by atomic mass is 9.98. The Hall–Kier alpha value is -3.05. The van der Waals surface area contributed by atoms with Gasteiger partial charge in [-0.3, -0.25) is 14.2 Å². The summed E-state index contributed by atoms with van der Waals surface area (Å²) in [5.74, 6) is -1.74. The van der Waals surface area contributed by atoms with Gasteiger partial charge in [0.15, 0.2) is 5.92 Å². The van der Waals surface area contributed by atoms with Crippen LogP contribution in [0.1, 0.15) is 22.1 Å². The summed E-state index contributed by atoms with van der Waals surface area (Å²) in [5, 5.41) is 9.15. The van der Waals surface area contributed by atoms with Crippen LogP contribution in [0, 0.1) is 11.3 Å². The molecule has 3 aromatic heterocycles. The Balaban J connectivity index is 2.20. The highest BCUT2D eigenvalue weighted by molar-refractivity contribution is 7.90. The molecule has 7 nitrogen and oxygen atoms in total. The minimum Gasteiger partial charge on any atom is -0.290 e. The monoisotopic (exact) mass is 340 g/mol. The molecule has 24 heavy (non-hydrogen) atoms. The van der Waals surface area contributed by atoms with Crippen LogP contribution >= 0.6 is 0 Å². The number of imidazole rings is 1. The molecular formula is C16H12N4O3S. The smallest absolute Gasteiger partial charge is 0.232 e. The van der Waals surface area contributed by atoms with Crippen molar-refractivity contribution in [2.45, 2.75) is 11.1 Å². The number of aromatic nitrogens is 3. The van der Waals surface area contributed by atoms with Gasteiger partial charge in [-0.2, -0.15) is 5.26 Å². The van der Waals surface area contributed by atoms with Gasteiger partial charge in [-0.25, -0.2) is 13.4 Å². The Kier molecular flexibility index (Phi) is 3.87. The van der Waals surface area contributed by atoms with Crippen molar-refractivity contribution < 1.29 is 13.2 Å². The molecule has 0 aliphatic heterocycles. The Bertz CT molecular complexity index is 1070. The van der Waals surface area contributed by atoms with Crippen LogP contribution in [-0.2, 0) is 9.84 Å². The third-order valence-electron chi connectivity index (χ3n) is 3.46. The fourth-order valence-corrected chi connectivity index (χ4v) is 3.17. The highest BCUT2D eigenvalue weighted by Gasteiger charge is 2.29. The van der Waals surface area contributed by atoms with Crippen LogP contribution in [-0.4, -0.2) is 34.8 Å². The Labute approximate surface area is 138 Å². The second-order valence-corrected chi connectivity index (χ2v) is 7.06. The number of ketones is 1. The molecule has 0 amide bonds. The largest absolute Gasteiger partial charge is 0.290 e. The maximum atomic E-state index is 12.8. The summed E-state index contributed by atoms with van der Waals surface area (Å²) in [6, 6.07) is 11.7. The predicted octanol–water partition coefficient (Wildman–Crippen LogP) is 1.62. The van der Waals surface area contributed by atoms with Gasteiger partial charge in [0.1, 0.15) is 5.69 Å². The topological polar surface area (TPSA) is 105 Å². The van der Waals surface area contributed by atoms with E-state index in [9.17, 15) is 18.5 Å². The van der Waals surface area contributed by atoms with E-state index >= 15 is 0 Å². The molecule has 0 aromatic carbocycles. The van der Waals surface area contributed by atoms with Crippen molar-refractivity contribution in [2.24, 2.45) is 0 Å². The number of fused-ring (bicyclic) bond motifs is 1. The second kappa shape index (κ2) is 5.86. The van der Waals surface area contributed by atoms with E-state index in [2.05, 4.69) is 9.97 Å². The van der Waals surface area contributed by atoms with Crippen LogP contribution in [0.3, 0.4) is 0 Å². The molecule has 0 spiro atoms. The number of rotatable bonds is 4. The number of pyridine rings is 2. The highest BCUT2D eigenvalue weighted by atomic mass is 32.2. The minimum absolute atomic E-state index is 0.0618. The van der Waals surface area contributed by atoms with Crippen molar-refractivity contribution in [3.8, 4) is 6.07 Å². The van der Waals surface area contributed by atoms with Gasteiger partial charge >= 0.3 is 0 Å². The summed E-state index contributed by atoms with van der Waals surface area (Å²) in [6.07, 6.45) is 4.02. The Morgan fingerprint density at radius 1 is 1.25 bits per heavy atom. The summed E-state index contributed by atoms with van der Waals surface area (Å²) in [4.78, 5) is 20.8. The molecule has 0 aliphatic rings. The first-order valence-electron chi connectivity index (χ1n) is 6.95. The summed E-state index contributed by atoms with van der Waals surface area (Å²) in [5.41, 5.74) is 0.565. The van der Waals surface area contributed by atoms with E-state index in [1.54, 1.807) is 36.4 Å². The van der Waals surface area contributed by atoms with E-state index in [0.717, 1.165) is 6.26 Å². The minimum atomic E-state index is -3.64. The first kappa shape index (κ1) is 15.8. The predicted molar refractivity (Wildman–Crippen MR) is 85.2 cm³/mol. The number of nitrogens with zero attached hydrogens (tertiary/aromatic N) is 4. The lowest BCUT2D eigenvalue weighted by Crippen LogP contribution is -2.13. The summed E-state index contributed by atoms with van der Waals surface area (Å²) in [7, 11) is -3.64. The lowest BCUT2D eigenvalue weighted by Gasteiger charge is -2.05. The molecular weight excluding hydrogens is 328 g/mol. The Morgan fingerprint density at radius 2 is 2.00 bits per heavy atom. The number of nitriles is 1. The van der Waals surface area contributed by atoms with Gasteiger partial charge in [0.25, 0.3) is 0 Å². The normalized spacial score (nSPS) is 12.7. The summed E-state index contributed by atoms with van der Waals surface area (Å²) >= 11 is 0. The first-order valence-corrected chi connectivity index (χ1v) is 8.84. The van der Waals surface area contributed by atoms with E-state index < -0.39 is 21.5 Å². The third-order valence-corrected chi connectivity index (χ3v) is 4.41. The van der Waals surface area contributed by atoms with Crippen molar-refractivity contribution in [3.05, 3.63) is 60.2 Å². The zero-order chi connectivity index (χ0) is 17.3. The van der Waals surface area contributed by atoms with Gasteiger partial charge in [-0.05, 0) is 24.3 Å². The molecule has 0 saturated carbocycles. The lowest BCUT2D eigenvalue weighted by molar-refractivity contribution is 0.0974. The van der Waals surface area contributed by atoms with Gasteiger partial charge in [-0.1, -0.05) is 12.1 Å². The van der Waals surface area contributed by atoms with Crippen LogP contribution in [0.25, 0.3) is 5.52 Å². The molecule has 120 valence electrons. The zero-order valence-corrected chi connectivity index (χ0v) is 13.4. The van der Waals surface area contributed by atoms with Crippen LogP contribution in [0.2, 0.25) is 0 Å². The van der Waals surface area contributed by atoms with E-state index in [1.165, 1.54) is 16.8 Å². The number of hydrogen-bond acceptors (Lipinski definition) is 6. The average molecular weight is 340 g/mol. The van der Waals surface area contributed by atoms with E-state index in [4.69, 9.17) is 0 Å². The maximum Gasteiger partial charge on any atom is 0.232 e. The molecule has 0 bridgehead atoms. The number of hydrogen-bond donors (Lipinski definition) is 0. The van der Waals surface area contributed by atoms with Crippen LogP contribution in [0.4, 0.5) is 0 Å². The van der Waals surface area contributed by atoms with Gasteiger partial charge in [-0.15, -0.1) is 0 Å². The SMILES string of the molecule is CS(=O)(=O)c1nc(C(=O)[C@H](C#N)c2ccccn2)c2ccccn12. The van der Waals surface area contributed by atoms with Gasteiger partial charge in [0.05, 0.1) is 17.3 Å². The van der Waals surface area contributed by atoms with Gasteiger partial charge in [0, 0.05) is 18.6 Å². The van der Waals surface area contributed by atoms with Crippen molar-refractivity contribution in [1.82, 2.24) is 14.4 Å². The Morgan fingerprint density at radius 3 is 2.62 bits per heavy atom.